The van der Waals surface area contributed by atoms with Crippen LogP contribution in [0.4, 0.5) is 0 Å². The molecular weight excluding hydrogens is 278 g/mol. The van der Waals surface area contributed by atoms with Crippen molar-refractivity contribution in [2.24, 2.45) is 0 Å². The molecule has 0 unspecified atom stereocenters. The minimum atomic E-state index is 0. The zero-order valence-corrected chi connectivity index (χ0v) is 10.2. The Balaban J connectivity index is 0.000000980. The molecule has 2 rings (SSSR count). The molecule has 0 N–H and O–H groups in total. The third kappa shape index (κ3) is 3.33. The van der Waals surface area contributed by atoms with Crippen LogP contribution in [-0.4, -0.2) is 0 Å². The van der Waals surface area contributed by atoms with Crippen molar-refractivity contribution >= 4 is 19.2 Å². The molecule has 2 aromatic carbocycles. The van der Waals surface area contributed by atoms with Crippen molar-refractivity contribution in [2.75, 3.05) is 0 Å². The summed E-state index contributed by atoms with van der Waals surface area (Å²) in [6.07, 6.45) is 0. The zero-order chi connectivity index (χ0) is 8.93. The van der Waals surface area contributed by atoms with Crippen LogP contribution in [-0.2, 0) is 19.5 Å². The van der Waals surface area contributed by atoms with Gasteiger partial charge in [0.2, 0.25) is 0 Å². The van der Waals surface area contributed by atoms with Crippen LogP contribution in [0.15, 0.2) is 60.7 Å². The van der Waals surface area contributed by atoms with E-state index in [1.165, 1.54) is 10.6 Å². The van der Waals surface area contributed by atoms with Crippen LogP contribution in [0.5, 0.6) is 0 Å². The van der Waals surface area contributed by atoms with Gasteiger partial charge in [-0.1, -0.05) is 69.2 Å². The molecule has 0 nitrogen and oxygen atoms in total. The van der Waals surface area contributed by atoms with Crippen molar-refractivity contribution in [3.05, 3.63) is 60.7 Å². The van der Waals surface area contributed by atoms with Crippen LogP contribution in [0.2, 0.25) is 0 Å². The first-order chi connectivity index (χ1) is 6.45. The molecule has 0 aromatic heterocycles. The Hall–Kier alpha value is -0.507. The van der Waals surface area contributed by atoms with Gasteiger partial charge >= 0.3 is 0 Å². The van der Waals surface area contributed by atoms with E-state index in [9.17, 15) is 0 Å². The second kappa shape index (κ2) is 6.07. The van der Waals surface area contributed by atoms with Gasteiger partial charge < -0.3 is 0 Å². The molecule has 0 spiro atoms. The molecule has 0 heterocycles. The second-order valence-electron chi connectivity index (χ2n) is 2.86. The summed E-state index contributed by atoms with van der Waals surface area (Å²) in [5, 5.41) is 2.79. The molecule has 0 saturated carbocycles. The Morgan fingerprint density at radius 2 is 0.929 bits per heavy atom. The van der Waals surface area contributed by atoms with Gasteiger partial charge in [0, 0.05) is 19.5 Å². The SMILES string of the molecule is [Rh].c1ccc(Pc2ccccc2)cc1. The van der Waals surface area contributed by atoms with E-state index in [2.05, 4.69) is 60.7 Å². The molecule has 0 atom stereocenters. The van der Waals surface area contributed by atoms with Gasteiger partial charge in [0.1, 0.15) is 0 Å². The first kappa shape index (κ1) is 11.6. The van der Waals surface area contributed by atoms with Crippen LogP contribution in [0.1, 0.15) is 0 Å². The van der Waals surface area contributed by atoms with Gasteiger partial charge in [-0.25, -0.2) is 0 Å². The van der Waals surface area contributed by atoms with Crippen LogP contribution in [0.25, 0.3) is 0 Å². The second-order valence-corrected chi connectivity index (χ2v) is 4.26. The van der Waals surface area contributed by atoms with E-state index in [4.69, 9.17) is 0 Å². The maximum Gasteiger partial charge on any atom is 0 e. The molecular formula is C12H11PRh. The smallest absolute Gasteiger partial charge is 0 e. The Bertz CT molecular complexity index is 321. The average Bonchev–Trinajstić information content (AvgIpc) is 2.21. The molecule has 14 heavy (non-hydrogen) atoms. The van der Waals surface area contributed by atoms with Crippen LogP contribution in [0.3, 0.4) is 0 Å². The molecule has 2 heteroatoms. The molecule has 0 saturated heterocycles. The van der Waals surface area contributed by atoms with Gasteiger partial charge in [-0.3, -0.25) is 0 Å². The maximum absolute atomic E-state index is 2.17. The van der Waals surface area contributed by atoms with E-state index in [0.29, 0.717) is 0 Å². The summed E-state index contributed by atoms with van der Waals surface area (Å²) in [4.78, 5) is 0. The van der Waals surface area contributed by atoms with Gasteiger partial charge in [0.15, 0.2) is 0 Å². The Morgan fingerprint density at radius 3 is 1.29 bits per heavy atom. The fourth-order valence-corrected chi connectivity index (χ4v) is 2.26. The van der Waals surface area contributed by atoms with Crippen LogP contribution < -0.4 is 10.6 Å². The van der Waals surface area contributed by atoms with E-state index in [0.717, 1.165) is 8.58 Å². The first-order valence-electron chi connectivity index (χ1n) is 4.32. The Morgan fingerprint density at radius 1 is 0.571 bits per heavy atom. The molecule has 0 aliphatic heterocycles. The van der Waals surface area contributed by atoms with Gasteiger partial charge in [-0.15, -0.1) is 0 Å². The van der Waals surface area contributed by atoms with Crippen molar-refractivity contribution in [1.29, 1.82) is 0 Å². The van der Waals surface area contributed by atoms with Crippen molar-refractivity contribution in [3.63, 3.8) is 0 Å². The summed E-state index contributed by atoms with van der Waals surface area (Å²) < 4.78 is 0. The van der Waals surface area contributed by atoms with E-state index in [-0.39, 0.29) is 19.5 Å². The van der Waals surface area contributed by atoms with E-state index >= 15 is 0 Å². The van der Waals surface area contributed by atoms with Gasteiger partial charge in [-0.05, 0) is 10.6 Å². The van der Waals surface area contributed by atoms with Gasteiger partial charge in [-0.2, -0.15) is 0 Å². The predicted octanol–water partition coefficient (Wildman–Crippen LogP) is 2.31. The summed E-state index contributed by atoms with van der Waals surface area (Å²) in [7, 11) is 0.777. The monoisotopic (exact) mass is 289 g/mol. The fraction of sp³-hybridized carbons (Fsp3) is 0. The third-order valence-corrected chi connectivity index (χ3v) is 3.08. The average molecular weight is 289 g/mol. The number of hydrogen-bond donors (Lipinski definition) is 0. The molecule has 0 bridgehead atoms. The molecule has 2 aromatic rings. The predicted molar refractivity (Wildman–Crippen MR) is 60.5 cm³/mol. The normalized spacial score (nSPS) is 9.14. The van der Waals surface area contributed by atoms with Crippen LogP contribution in [0, 0.1) is 0 Å². The molecule has 0 fully saturated rings. The fourth-order valence-electron chi connectivity index (χ4n) is 1.21. The zero-order valence-electron chi connectivity index (χ0n) is 7.61. The Kier molecular flexibility index (Phi) is 5.01. The standard InChI is InChI=1S/C12H11P.Rh/c1-3-7-11(8-4-1)13-12-9-5-2-6-10-12;/h1-10,13H;. The summed E-state index contributed by atoms with van der Waals surface area (Å²) in [5.41, 5.74) is 0. The van der Waals surface area contributed by atoms with Crippen molar-refractivity contribution in [1.82, 2.24) is 0 Å². The summed E-state index contributed by atoms with van der Waals surface area (Å²) in [5.74, 6) is 0. The quantitative estimate of drug-likeness (QED) is 0.588. The van der Waals surface area contributed by atoms with E-state index in [1.54, 1.807) is 0 Å². The number of benzene rings is 2. The summed E-state index contributed by atoms with van der Waals surface area (Å²) >= 11 is 0. The minimum Gasteiger partial charge on any atom is -0.0622 e. The molecule has 0 aliphatic carbocycles. The Labute approximate surface area is 99.3 Å². The largest absolute Gasteiger partial charge is 0.0622 e. The maximum atomic E-state index is 2.17. The summed E-state index contributed by atoms with van der Waals surface area (Å²) in [6.45, 7) is 0. The van der Waals surface area contributed by atoms with Crippen molar-refractivity contribution in [2.45, 2.75) is 0 Å². The molecule has 0 aliphatic rings. The first-order valence-corrected chi connectivity index (χ1v) is 5.32. The molecule has 73 valence electrons. The summed E-state index contributed by atoms with van der Waals surface area (Å²) in [6, 6.07) is 21.2. The minimum absolute atomic E-state index is 0. The topological polar surface area (TPSA) is 0 Å². The van der Waals surface area contributed by atoms with E-state index in [1.807, 2.05) is 0 Å². The van der Waals surface area contributed by atoms with Gasteiger partial charge in [0.25, 0.3) is 0 Å². The number of rotatable bonds is 2. The van der Waals surface area contributed by atoms with Crippen molar-refractivity contribution in [3.8, 4) is 0 Å². The van der Waals surface area contributed by atoms with Crippen molar-refractivity contribution < 1.29 is 19.5 Å². The third-order valence-electron chi connectivity index (χ3n) is 1.84. The molecule has 0 amide bonds. The van der Waals surface area contributed by atoms with Crippen LogP contribution >= 0.6 is 8.58 Å². The molecule has 1 radical (unpaired) electrons. The van der Waals surface area contributed by atoms with Gasteiger partial charge in [0.05, 0.1) is 0 Å². The number of hydrogen-bond acceptors (Lipinski definition) is 0. The van der Waals surface area contributed by atoms with E-state index < -0.39 is 0 Å².